The van der Waals surface area contributed by atoms with Gasteiger partial charge in [-0.3, -0.25) is 0 Å². The van der Waals surface area contributed by atoms with Crippen LogP contribution >= 0.6 is 0 Å². The quantitative estimate of drug-likeness (QED) is 0.637. The molecule has 3 heterocycles. The first-order valence-corrected chi connectivity index (χ1v) is 5.92. The summed E-state index contributed by atoms with van der Waals surface area (Å²) in [5.74, 6) is 0. The van der Waals surface area contributed by atoms with Crippen LogP contribution in [0.5, 0.6) is 0 Å². The van der Waals surface area contributed by atoms with Crippen LogP contribution in [0.2, 0.25) is 0 Å². The molecule has 1 N–H and O–H groups in total. The third kappa shape index (κ3) is 1.87. The maximum absolute atomic E-state index is 9.75. The van der Waals surface area contributed by atoms with E-state index >= 15 is 0 Å². The van der Waals surface area contributed by atoms with E-state index in [1.165, 1.54) is 0 Å². The lowest BCUT2D eigenvalue weighted by Crippen LogP contribution is -2.58. The van der Waals surface area contributed by atoms with Gasteiger partial charge in [0.1, 0.15) is 12.9 Å². The average molecular weight is 230 g/mol. The van der Waals surface area contributed by atoms with Crippen LogP contribution in [0.15, 0.2) is 0 Å². The lowest BCUT2D eigenvalue weighted by molar-refractivity contribution is -0.290. The van der Waals surface area contributed by atoms with Gasteiger partial charge in [-0.1, -0.05) is 0 Å². The third-order valence-electron chi connectivity index (χ3n) is 3.70. The van der Waals surface area contributed by atoms with Crippen molar-refractivity contribution < 1.29 is 24.1 Å². The van der Waals surface area contributed by atoms with E-state index in [9.17, 15) is 5.11 Å². The summed E-state index contributed by atoms with van der Waals surface area (Å²) in [6.45, 7) is 2.83. The summed E-state index contributed by atoms with van der Waals surface area (Å²) in [4.78, 5) is 0. The summed E-state index contributed by atoms with van der Waals surface area (Å²) < 4.78 is 22.4. The van der Waals surface area contributed by atoms with E-state index < -0.39 is 6.10 Å². The molecule has 3 aliphatic heterocycles. The second-order valence-corrected chi connectivity index (χ2v) is 4.83. The van der Waals surface area contributed by atoms with Crippen LogP contribution in [0.4, 0.5) is 0 Å². The van der Waals surface area contributed by atoms with E-state index in [-0.39, 0.29) is 30.5 Å². The number of ether oxygens (including phenoxy) is 4. The Morgan fingerprint density at radius 1 is 1.00 bits per heavy atom. The summed E-state index contributed by atoms with van der Waals surface area (Å²) in [5, 5.41) is 9.75. The standard InChI is InChI=1S/C11H18O5/c1-6-7(12)2-9-10(15-6)3-8-11(16-9)4-13-5-14-8/h6-12H,2-5H2,1H3. The molecule has 6 unspecified atom stereocenters. The number of hydrogen-bond donors (Lipinski definition) is 1. The molecule has 3 saturated heterocycles. The van der Waals surface area contributed by atoms with Gasteiger partial charge in [0.05, 0.1) is 37.1 Å². The number of aliphatic hydroxyl groups excluding tert-OH is 1. The van der Waals surface area contributed by atoms with Gasteiger partial charge in [-0.05, 0) is 6.92 Å². The minimum Gasteiger partial charge on any atom is -0.390 e. The van der Waals surface area contributed by atoms with E-state index in [2.05, 4.69) is 0 Å². The van der Waals surface area contributed by atoms with Gasteiger partial charge in [0.15, 0.2) is 0 Å². The predicted molar refractivity (Wildman–Crippen MR) is 53.9 cm³/mol. The molecule has 0 spiro atoms. The molecule has 0 saturated carbocycles. The second kappa shape index (κ2) is 4.23. The molecule has 5 nitrogen and oxygen atoms in total. The van der Waals surface area contributed by atoms with E-state index in [0.717, 1.165) is 6.42 Å². The molecule has 0 aliphatic carbocycles. The summed E-state index contributed by atoms with van der Waals surface area (Å²) in [5.41, 5.74) is 0. The summed E-state index contributed by atoms with van der Waals surface area (Å²) in [6, 6.07) is 0. The zero-order valence-corrected chi connectivity index (χ0v) is 9.37. The van der Waals surface area contributed by atoms with Crippen molar-refractivity contribution in [1.29, 1.82) is 0 Å². The van der Waals surface area contributed by atoms with Crippen LogP contribution < -0.4 is 0 Å². The fourth-order valence-electron chi connectivity index (χ4n) is 2.70. The zero-order chi connectivity index (χ0) is 11.1. The largest absolute Gasteiger partial charge is 0.390 e. The van der Waals surface area contributed by atoms with Gasteiger partial charge in [0.2, 0.25) is 0 Å². The Hall–Kier alpha value is -0.200. The van der Waals surface area contributed by atoms with Crippen LogP contribution in [-0.4, -0.2) is 55.1 Å². The number of hydrogen-bond acceptors (Lipinski definition) is 5. The predicted octanol–water partition coefficient (Wildman–Crippen LogP) is 0.0551. The Bertz CT molecular complexity index is 233. The van der Waals surface area contributed by atoms with Crippen molar-refractivity contribution >= 4 is 0 Å². The van der Waals surface area contributed by atoms with Crippen LogP contribution in [0.3, 0.4) is 0 Å². The van der Waals surface area contributed by atoms with Gasteiger partial charge in [-0.15, -0.1) is 0 Å². The Morgan fingerprint density at radius 2 is 1.81 bits per heavy atom. The molecule has 0 aromatic heterocycles. The minimum atomic E-state index is -0.428. The highest BCUT2D eigenvalue weighted by atomic mass is 16.7. The lowest BCUT2D eigenvalue weighted by atomic mass is 9.90. The second-order valence-electron chi connectivity index (χ2n) is 4.83. The molecule has 92 valence electrons. The first kappa shape index (κ1) is 10.9. The molecule has 0 radical (unpaired) electrons. The molecule has 0 amide bonds. The molecule has 0 bridgehead atoms. The maximum Gasteiger partial charge on any atom is 0.147 e. The van der Waals surface area contributed by atoms with Gasteiger partial charge in [0.25, 0.3) is 0 Å². The van der Waals surface area contributed by atoms with Crippen molar-refractivity contribution in [3.8, 4) is 0 Å². The van der Waals surface area contributed by atoms with Crippen LogP contribution in [-0.2, 0) is 18.9 Å². The normalized spacial score (nSPS) is 52.9. The Kier molecular flexibility index (Phi) is 2.89. The van der Waals surface area contributed by atoms with Crippen molar-refractivity contribution in [2.45, 2.75) is 56.4 Å². The minimum absolute atomic E-state index is 0.000735. The van der Waals surface area contributed by atoms with E-state index in [4.69, 9.17) is 18.9 Å². The molecule has 16 heavy (non-hydrogen) atoms. The van der Waals surface area contributed by atoms with Crippen molar-refractivity contribution in [3.05, 3.63) is 0 Å². The van der Waals surface area contributed by atoms with Crippen molar-refractivity contribution in [2.24, 2.45) is 0 Å². The maximum atomic E-state index is 9.75. The number of aliphatic hydroxyl groups is 1. The number of rotatable bonds is 0. The molecule has 3 rings (SSSR count). The zero-order valence-electron chi connectivity index (χ0n) is 9.37. The van der Waals surface area contributed by atoms with Gasteiger partial charge in [-0.2, -0.15) is 0 Å². The molecule has 3 aliphatic rings. The molecule has 0 aromatic rings. The Labute approximate surface area is 94.6 Å². The van der Waals surface area contributed by atoms with Crippen molar-refractivity contribution in [2.75, 3.05) is 13.4 Å². The van der Waals surface area contributed by atoms with Crippen LogP contribution in [0.25, 0.3) is 0 Å². The van der Waals surface area contributed by atoms with Crippen LogP contribution in [0.1, 0.15) is 19.8 Å². The molecule has 3 fully saturated rings. The Morgan fingerprint density at radius 3 is 2.69 bits per heavy atom. The summed E-state index contributed by atoms with van der Waals surface area (Å²) >= 11 is 0. The molecular formula is C11H18O5. The first-order chi connectivity index (χ1) is 7.74. The molecular weight excluding hydrogens is 212 g/mol. The first-order valence-electron chi connectivity index (χ1n) is 5.92. The summed E-state index contributed by atoms with van der Waals surface area (Å²) in [7, 11) is 0. The monoisotopic (exact) mass is 230 g/mol. The highest BCUT2D eigenvalue weighted by molar-refractivity contribution is 4.92. The molecule has 0 aromatic carbocycles. The highest BCUT2D eigenvalue weighted by Crippen LogP contribution is 2.33. The fourth-order valence-corrected chi connectivity index (χ4v) is 2.70. The highest BCUT2D eigenvalue weighted by Gasteiger charge is 2.45. The van der Waals surface area contributed by atoms with Crippen LogP contribution in [0, 0.1) is 0 Å². The van der Waals surface area contributed by atoms with Gasteiger partial charge in [0, 0.05) is 12.8 Å². The van der Waals surface area contributed by atoms with Crippen molar-refractivity contribution in [3.63, 3.8) is 0 Å². The summed E-state index contributed by atoms with van der Waals surface area (Å²) in [6.07, 6.45) is 1.07. The third-order valence-corrected chi connectivity index (χ3v) is 3.70. The van der Waals surface area contributed by atoms with E-state index in [1.807, 2.05) is 6.92 Å². The van der Waals surface area contributed by atoms with E-state index in [0.29, 0.717) is 19.8 Å². The molecule has 5 heteroatoms. The van der Waals surface area contributed by atoms with Crippen molar-refractivity contribution in [1.82, 2.24) is 0 Å². The topological polar surface area (TPSA) is 57.2 Å². The molecule has 6 atom stereocenters. The Balaban J connectivity index is 1.69. The lowest BCUT2D eigenvalue weighted by Gasteiger charge is -2.47. The fraction of sp³-hybridized carbons (Fsp3) is 1.00. The van der Waals surface area contributed by atoms with Gasteiger partial charge >= 0.3 is 0 Å². The number of fused-ring (bicyclic) bond motifs is 2. The van der Waals surface area contributed by atoms with E-state index in [1.54, 1.807) is 0 Å². The van der Waals surface area contributed by atoms with Gasteiger partial charge in [-0.25, -0.2) is 0 Å². The SMILES string of the molecule is CC1OC2CC3OCOCC3OC2CC1O. The average Bonchev–Trinajstić information content (AvgIpc) is 2.28. The smallest absolute Gasteiger partial charge is 0.147 e. The van der Waals surface area contributed by atoms with Gasteiger partial charge < -0.3 is 24.1 Å².